The van der Waals surface area contributed by atoms with E-state index in [2.05, 4.69) is 43.4 Å². The zero-order valence-electron chi connectivity index (χ0n) is 12.3. The van der Waals surface area contributed by atoms with Gasteiger partial charge in [-0.1, -0.05) is 25.5 Å². The van der Waals surface area contributed by atoms with E-state index in [1.54, 1.807) is 0 Å². The maximum Gasteiger partial charge on any atom is 0.120 e. The van der Waals surface area contributed by atoms with Crippen molar-refractivity contribution in [3.8, 4) is 5.75 Å². The molecule has 1 aliphatic carbocycles. The summed E-state index contributed by atoms with van der Waals surface area (Å²) >= 11 is 0. The Morgan fingerprint density at radius 2 is 2.11 bits per heavy atom. The van der Waals surface area contributed by atoms with Gasteiger partial charge in [-0.3, -0.25) is 0 Å². The second-order valence-electron chi connectivity index (χ2n) is 5.63. The molecule has 1 N–H and O–H groups in total. The molecule has 106 valence electrons. The van der Waals surface area contributed by atoms with Crippen LogP contribution in [-0.2, 0) is 0 Å². The lowest BCUT2D eigenvalue weighted by atomic mass is 10.1. The summed E-state index contributed by atoms with van der Waals surface area (Å²) in [5, 5.41) is 3.57. The third-order valence-electron chi connectivity index (χ3n) is 3.94. The smallest absolute Gasteiger partial charge is 0.120 e. The monoisotopic (exact) mass is 261 g/mol. The predicted molar refractivity (Wildman–Crippen MR) is 80.7 cm³/mol. The van der Waals surface area contributed by atoms with Crippen molar-refractivity contribution in [1.82, 2.24) is 5.32 Å². The quantitative estimate of drug-likeness (QED) is 0.732. The molecule has 0 heterocycles. The van der Waals surface area contributed by atoms with Crippen molar-refractivity contribution in [3.05, 3.63) is 29.8 Å². The molecule has 2 heteroatoms. The van der Waals surface area contributed by atoms with E-state index in [9.17, 15) is 0 Å². The zero-order valence-corrected chi connectivity index (χ0v) is 12.3. The highest BCUT2D eigenvalue weighted by atomic mass is 16.5. The van der Waals surface area contributed by atoms with Crippen LogP contribution in [0.25, 0.3) is 0 Å². The minimum absolute atomic E-state index is 0.402. The molecule has 1 aliphatic rings. The molecular weight excluding hydrogens is 234 g/mol. The van der Waals surface area contributed by atoms with Crippen LogP contribution in [0.15, 0.2) is 24.3 Å². The van der Waals surface area contributed by atoms with Gasteiger partial charge in [0.05, 0.1) is 6.10 Å². The van der Waals surface area contributed by atoms with Crippen LogP contribution in [0.1, 0.15) is 64.0 Å². The van der Waals surface area contributed by atoms with E-state index < -0.39 is 0 Å². The van der Waals surface area contributed by atoms with Crippen LogP contribution in [0.2, 0.25) is 0 Å². The fourth-order valence-corrected chi connectivity index (χ4v) is 2.67. The second kappa shape index (κ2) is 7.54. The van der Waals surface area contributed by atoms with Crippen LogP contribution in [0.3, 0.4) is 0 Å². The van der Waals surface area contributed by atoms with E-state index in [0.717, 1.165) is 12.3 Å². The molecule has 1 fully saturated rings. The fraction of sp³-hybridized carbons (Fsp3) is 0.647. The molecule has 0 radical (unpaired) electrons. The van der Waals surface area contributed by atoms with Gasteiger partial charge in [0.25, 0.3) is 0 Å². The van der Waals surface area contributed by atoms with Crippen LogP contribution in [0.4, 0.5) is 0 Å². The Morgan fingerprint density at radius 3 is 2.84 bits per heavy atom. The lowest BCUT2D eigenvalue weighted by molar-refractivity contribution is 0.209. The van der Waals surface area contributed by atoms with Crippen LogP contribution in [-0.4, -0.2) is 12.6 Å². The van der Waals surface area contributed by atoms with Crippen LogP contribution >= 0.6 is 0 Å². The van der Waals surface area contributed by atoms with Crippen molar-refractivity contribution in [3.63, 3.8) is 0 Å². The summed E-state index contributed by atoms with van der Waals surface area (Å²) < 4.78 is 6.06. The maximum atomic E-state index is 6.06. The highest BCUT2D eigenvalue weighted by molar-refractivity contribution is 5.30. The van der Waals surface area contributed by atoms with Gasteiger partial charge in [-0.15, -0.1) is 0 Å². The molecular formula is C17H27NO. The average Bonchev–Trinajstić information content (AvgIpc) is 2.92. The topological polar surface area (TPSA) is 21.3 Å². The molecule has 2 rings (SSSR count). The van der Waals surface area contributed by atoms with Crippen molar-refractivity contribution in [2.45, 2.75) is 64.5 Å². The minimum Gasteiger partial charge on any atom is -0.490 e. The number of ether oxygens (including phenoxy) is 1. The van der Waals surface area contributed by atoms with Crippen LogP contribution < -0.4 is 10.1 Å². The Bertz CT molecular complexity index is 371. The van der Waals surface area contributed by atoms with Crippen molar-refractivity contribution >= 4 is 0 Å². The van der Waals surface area contributed by atoms with E-state index in [1.807, 2.05) is 0 Å². The molecule has 1 aromatic rings. The maximum absolute atomic E-state index is 6.06. The Balaban J connectivity index is 1.89. The van der Waals surface area contributed by atoms with E-state index in [4.69, 9.17) is 4.74 Å². The number of rotatable bonds is 7. The van der Waals surface area contributed by atoms with Crippen molar-refractivity contribution in [2.24, 2.45) is 0 Å². The van der Waals surface area contributed by atoms with E-state index in [-0.39, 0.29) is 0 Å². The van der Waals surface area contributed by atoms with Gasteiger partial charge in [0, 0.05) is 6.04 Å². The average molecular weight is 261 g/mol. The van der Waals surface area contributed by atoms with Gasteiger partial charge in [0.1, 0.15) is 5.75 Å². The van der Waals surface area contributed by atoms with Gasteiger partial charge in [0.2, 0.25) is 0 Å². The van der Waals surface area contributed by atoms with Crippen LogP contribution in [0.5, 0.6) is 5.75 Å². The first-order valence-electron chi connectivity index (χ1n) is 7.79. The molecule has 1 saturated carbocycles. The van der Waals surface area contributed by atoms with E-state index in [0.29, 0.717) is 12.1 Å². The minimum atomic E-state index is 0.402. The summed E-state index contributed by atoms with van der Waals surface area (Å²) in [5.41, 5.74) is 1.33. The summed E-state index contributed by atoms with van der Waals surface area (Å²) in [6, 6.07) is 8.98. The molecule has 0 aliphatic heterocycles. The zero-order chi connectivity index (χ0) is 13.5. The number of hydrogen-bond donors (Lipinski definition) is 1. The summed E-state index contributed by atoms with van der Waals surface area (Å²) in [6.45, 7) is 5.54. The number of nitrogens with one attached hydrogen (secondary N) is 1. The molecule has 1 atom stereocenters. The second-order valence-corrected chi connectivity index (χ2v) is 5.63. The molecule has 2 nitrogen and oxygen atoms in total. The Morgan fingerprint density at radius 1 is 1.32 bits per heavy atom. The van der Waals surface area contributed by atoms with E-state index >= 15 is 0 Å². The number of unbranched alkanes of at least 4 members (excludes halogenated alkanes) is 1. The van der Waals surface area contributed by atoms with Gasteiger partial charge in [-0.2, -0.15) is 0 Å². The lowest BCUT2D eigenvalue weighted by Gasteiger charge is -2.17. The predicted octanol–water partition coefficient (Wildman–Crippen LogP) is 4.46. The summed E-state index contributed by atoms with van der Waals surface area (Å²) in [4.78, 5) is 0. The highest BCUT2D eigenvalue weighted by Crippen LogP contribution is 2.26. The normalized spacial score (nSPS) is 17.6. The van der Waals surface area contributed by atoms with Crippen molar-refractivity contribution in [2.75, 3.05) is 6.54 Å². The first-order valence-corrected chi connectivity index (χ1v) is 7.79. The third kappa shape index (κ3) is 4.54. The van der Waals surface area contributed by atoms with Gasteiger partial charge >= 0.3 is 0 Å². The summed E-state index contributed by atoms with van der Waals surface area (Å²) in [5.74, 6) is 1.04. The number of hydrogen-bond acceptors (Lipinski definition) is 2. The Labute approximate surface area is 117 Å². The molecule has 1 aromatic carbocycles. The molecule has 0 spiro atoms. The van der Waals surface area contributed by atoms with Crippen LogP contribution in [0, 0.1) is 0 Å². The Hall–Kier alpha value is -1.02. The van der Waals surface area contributed by atoms with E-state index in [1.165, 1.54) is 44.1 Å². The summed E-state index contributed by atoms with van der Waals surface area (Å²) in [6.07, 6.45) is 7.99. The van der Waals surface area contributed by atoms with Gasteiger partial charge in [-0.25, -0.2) is 0 Å². The Kier molecular flexibility index (Phi) is 5.71. The molecule has 1 unspecified atom stereocenters. The standard InChI is InChI=1S/C17H27NO/c1-3-4-12-18-14(2)15-8-7-11-17(13-15)19-16-9-5-6-10-16/h7-8,11,13-14,16,18H,3-6,9-10,12H2,1-2H3. The first-order chi connectivity index (χ1) is 9.29. The van der Waals surface area contributed by atoms with Crippen molar-refractivity contribution < 1.29 is 4.74 Å². The number of benzene rings is 1. The largest absolute Gasteiger partial charge is 0.490 e. The highest BCUT2D eigenvalue weighted by Gasteiger charge is 2.16. The molecule has 0 aromatic heterocycles. The van der Waals surface area contributed by atoms with Crippen molar-refractivity contribution in [1.29, 1.82) is 0 Å². The first kappa shape index (κ1) is 14.4. The molecule has 0 saturated heterocycles. The molecule has 19 heavy (non-hydrogen) atoms. The van der Waals surface area contributed by atoms with Gasteiger partial charge in [0.15, 0.2) is 0 Å². The molecule has 0 amide bonds. The van der Waals surface area contributed by atoms with Gasteiger partial charge in [-0.05, 0) is 63.3 Å². The summed E-state index contributed by atoms with van der Waals surface area (Å²) in [7, 11) is 0. The third-order valence-corrected chi connectivity index (χ3v) is 3.94. The SMILES string of the molecule is CCCCNC(C)c1cccc(OC2CCCC2)c1. The lowest BCUT2D eigenvalue weighted by Crippen LogP contribution is -2.19. The molecule has 0 bridgehead atoms. The van der Waals surface area contributed by atoms with Gasteiger partial charge < -0.3 is 10.1 Å². The fourth-order valence-electron chi connectivity index (χ4n) is 2.67.